The van der Waals surface area contributed by atoms with Gasteiger partial charge in [-0.15, -0.1) is 0 Å². The average Bonchev–Trinajstić information content (AvgIpc) is 2.40. The molecule has 0 fully saturated rings. The van der Waals surface area contributed by atoms with Crippen molar-refractivity contribution in [1.29, 1.82) is 0 Å². The maximum absolute atomic E-state index is 13.8. The highest BCUT2D eigenvalue weighted by atomic mass is 19.1. The van der Waals surface area contributed by atoms with E-state index in [4.69, 9.17) is 4.74 Å². The van der Waals surface area contributed by atoms with Crippen molar-refractivity contribution in [3.8, 4) is 5.75 Å². The van der Waals surface area contributed by atoms with Crippen molar-refractivity contribution < 1.29 is 13.9 Å². The maximum atomic E-state index is 13.8. The summed E-state index contributed by atoms with van der Waals surface area (Å²) in [6, 6.07) is 9.74. The molecule has 0 aliphatic carbocycles. The first-order valence-corrected chi connectivity index (χ1v) is 5.98. The Labute approximate surface area is 111 Å². The predicted octanol–water partition coefficient (Wildman–Crippen LogP) is 3.68. The molecule has 0 aromatic heterocycles. The van der Waals surface area contributed by atoms with Gasteiger partial charge in [-0.05, 0) is 43.7 Å². The van der Waals surface area contributed by atoms with Gasteiger partial charge in [0.25, 0.3) is 0 Å². The summed E-state index contributed by atoms with van der Waals surface area (Å²) in [5.74, 6) is -0.415. The summed E-state index contributed by atoms with van der Waals surface area (Å²) in [6.45, 7) is 3.73. The Balaban J connectivity index is 2.53. The summed E-state index contributed by atoms with van der Waals surface area (Å²) in [7, 11) is 1.50. The molecule has 2 rings (SSSR count). The molecule has 2 aromatic carbocycles. The highest BCUT2D eigenvalue weighted by Gasteiger charge is 2.18. The number of aryl methyl sites for hydroxylation is 2. The van der Waals surface area contributed by atoms with Gasteiger partial charge in [-0.3, -0.25) is 4.79 Å². The van der Waals surface area contributed by atoms with Gasteiger partial charge < -0.3 is 4.74 Å². The number of rotatable bonds is 3. The zero-order chi connectivity index (χ0) is 14.0. The summed E-state index contributed by atoms with van der Waals surface area (Å²) in [5, 5.41) is 0. The number of hydrogen-bond acceptors (Lipinski definition) is 2. The molecule has 0 saturated heterocycles. The Morgan fingerprint density at radius 1 is 1.00 bits per heavy atom. The fourth-order valence-electron chi connectivity index (χ4n) is 1.94. The van der Waals surface area contributed by atoms with Crippen LogP contribution in [0.4, 0.5) is 4.39 Å². The lowest BCUT2D eigenvalue weighted by molar-refractivity contribution is 0.103. The van der Waals surface area contributed by atoms with Gasteiger partial charge in [-0.2, -0.15) is 0 Å². The molecule has 3 heteroatoms. The highest BCUT2D eigenvalue weighted by Crippen LogP contribution is 2.24. The van der Waals surface area contributed by atoms with Gasteiger partial charge in [-0.1, -0.05) is 17.7 Å². The predicted molar refractivity (Wildman–Crippen MR) is 72.3 cm³/mol. The lowest BCUT2D eigenvalue weighted by Gasteiger charge is -2.09. The second-order valence-corrected chi connectivity index (χ2v) is 4.52. The molecule has 0 unspecified atom stereocenters. The molecule has 0 bridgehead atoms. The minimum absolute atomic E-state index is 0.0714. The van der Waals surface area contributed by atoms with E-state index in [0.29, 0.717) is 11.3 Å². The third-order valence-electron chi connectivity index (χ3n) is 2.97. The molecule has 98 valence electrons. The number of carbonyl (C=O) groups excluding carboxylic acids is 1. The van der Waals surface area contributed by atoms with Crippen molar-refractivity contribution in [3.05, 3.63) is 64.5 Å². The summed E-state index contributed by atoms with van der Waals surface area (Å²) in [5.41, 5.74) is 2.27. The van der Waals surface area contributed by atoms with Crippen LogP contribution in [-0.4, -0.2) is 12.9 Å². The Morgan fingerprint density at radius 3 is 2.32 bits per heavy atom. The van der Waals surface area contributed by atoms with Gasteiger partial charge in [0, 0.05) is 0 Å². The van der Waals surface area contributed by atoms with Gasteiger partial charge in [0.05, 0.1) is 18.2 Å². The Kier molecular flexibility index (Phi) is 3.65. The lowest BCUT2D eigenvalue weighted by atomic mass is 9.99. The number of methoxy groups -OCH3 is 1. The molecule has 2 aromatic rings. The molecular weight excluding hydrogens is 243 g/mol. The van der Waals surface area contributed by atoms with E-state index in [1.54, 1.807) is 24.3 Å². The highest BCUT2D eigenvalue weighted by molar-refractivity contribution is 6.11. The third-order valence-corrected chi connectivity index (χ3v) is 2.97. The van der Waals surface area contributed by atoms with Crippen LogP contribution in [-0.2, 0) is 0 Å². The molecule has 0 N–H and O–H groups in total. The van der Waals surface area contributed by atoms with Gasteiger partial charge in [0.2, 0.25) is 0 Å². The van der Waals surface area contributed by atoms with E-state index in [-0.39, 0.29) is 11.3 Å². The van der Waals surface area contributed by atoms with Crippen molar-refractivity contribution in [2.75, 3.05) is 7.11 Å². The number of carbonyl (C=O) groups is 1. The van der Waals surface area contributed by atoms with Gasteiger partial charge in [0.1, 0.15) is 11.6 Å². The van der Waals surface area contributed by atoms with Crippen LogP contribution in [0.5, 0.6) is 5.75 Å². The van der Waals surface area contributed by atoms with E-state index in [2.05, 4.69) is 0 Å². The van der Waals surface area contributed by atoms with Gasteiger partial charge in [-0.25, -0.2) is 4.39 Å². The minimum atomic E-state index is -0.516. The van der Waals surface area contributed by atoms with Crippen LogP contribution in [0.25, 0.3) is 0 Å². The van der Waals surface area contributed by atoms with E-state index in [0.717, 1.165) is 11.1 Å². The Morgan fingerprint density at radius 2 is 1.63 bits per heavy atom. The van der Waals surface area contributed by atoms with E-state index < -0.39 is 5.82 Å². The number of ether oxygens (including phenoxy) is 1. The fraction of sp³-hybridized carbons (Fsp3) is 0.188. The quantitative estimate of drug-likeness (QED) is 0.785. The fourth-order valence-corrected chi connectivity index (χ4v) is 1.94. The molecule has 2 nitrogen and oxygen atoms in total. The van der Waals surface area contributed by atoms with Crippen molar-refractivity contribution in [2.45, 2.75) is 13.8 Å². The van der Waals surface area contributed by atoms with Crippen molar-refractivity contribution in [1.82, 2.24) is 0 Å². The first kappa shape index (κ1) is 13.3. The zero-order valence-corrected chi connectivity index (χ0v) is 11.2. The summed E-state index contributed by atoms with van der Waals surface area (Å²) >= 11 is 0. The topological polar surface area (TPSA) is 26.3 Å². The lowest BCUT2D eigenvalue weighted by Crippen LogP contribution is -2.07. The molecular formula is C16H15FO2. The first-order chi connectivity index (χ1) is 9.02. The van der Waals surface area contributed by atoms with Crippen LogP contribution in [0, 0.1) is 19.7 Å². The van der Waals surface area contributed by atoms with E-state index in [9.17, 15) is 9.18 Å². The third kappa shape index (κ3) is 2.65. The zero-order valence-electron chi connectivity index (χ0n) is 11.2. The number of hydrogen-bond donors (Lipinski definition) is 0. The molecule has 0 aliphatic rings. The summed E-state index contributed by atoms with van der Waals surface area (Å²) < 4.78 is 19.0. The first-order valence-electron chi connectivity index (χ1n) is 5.98. The molecule has 0 spiro atoms. The van der Waals surface area contributed by atoms with Crippen LogP contribution in [0.2, 0.25) is 0 Å². The monoisotopic (exact) mass is 258 g/mol. The van der Waals surface area contributed by atoms with Crippen LogP contribution in [0.3, 0.4) is 0 Å². The maximum Gasteiger partial charge on any atom is 0.199 e. The number of benzene rings is 2. The smallest absolute Gasteiger partial charge is 0.199 e. The molecule has 0 aliphatic heterocycles. The second-order valence-electron chi connectivity index (χ2n) is 4.52. The van der Waals surface area contributed by atoms with E-state index >= 15 is 0 Å². The van der Waals surface area contributed by atoms with Crippen LogP contribution in [0.1, 0.15) is 27.0 Å². The molecule has 19 heavy (non-hydrogen) atoms. The second kappa shape index (κ2) is 5.22. The normalized spacial score (nSPS) is 10.3. The van der Waals surface area contributed by atoms with Crippen molar-refractivity contribution in [3.63, 3.8) is 0 Å². The Hall–Kier alpha value is -2.16. The molecule has 0 atom stereocenters. The van der Waals surface area contributed by atoms with Gasteiger partial charge in [0.15, 0.2) is 5.78 Å². The molecule has 0 heterocycles. The summed E-state index contributed by atoms with van der Waals surface area (Å²) in [6.07, 6.45) is 0. The van der Waals surface area contributed by atoms with Crippen molar-refractivity contribution in [2.24, 2.45) is 0 Å². The molecule has 0 amide bonds. The van der Waals surface area contributed by atoms with Gasteiger partial charge >= 0.3 is 0 Å². The SMILES string of the molecule is COc1cc(C)ccc1C(=O)c1cc(C)ccc1F. The van der Waals surface area contributed by atoms with E-state index in [1.807, 2.05) is 19.9 Å². The minimum Gasteiger partial charge on any atom is -0.496 e. The Bertz CT molecular complexity index is 633. The summed E-state index contributed by atoms with van der Waals surface area (Å²) in [4.78, 5) is 12.4. The van der Waals surface area contributed by atoms with Crippen molar-refractivity contribution >= 4 is 5.78 Å². The standard InChI is InChI=1S/C16H15FO2/c1-10-5-7-14(17)13(8-10)16(18)12-6-4-11(2)9-15(12)19-3/h4-9H,1-3H3. The molecule has 0 radical (unpaired) electrons. The largest absolute Gasteiger partial charge is 0.496 e. The van der Waals surface area contributed by atoms with Crippen LogP contribution in [0.15, 0.2) is 36.4 Å². The number of halogens is 1. The number of ketones is 1. The molecule has 0 saturated carbocycles. The van der Waals surface area contributed by atoms with Crippen LogP contribution >= 0.6 is 0 Å². The van der Waals surface area contributed by atoms with E-state index in [1.165, 1.54) is 13.2 Å². The average molecular weight is 258 g/mol. The van der Waals surface area contributed by atoms with Crippen LogP contribution < -0.4 is 4.74 Å².